The third kappa shape index (κ3) is 4.22. The molecule has 0 radical (unpaired) electrons. The lowest BCUT2D eigenvalue weighted by atomic mass is 10.1. The van der Waals surface area contributed by atoms with Crippen molar-refractivity contribution >= 4 is 45.1 Å². The minimum absolute atomic E-state index is 0.281. The Morgan fingerprint density at radius 1 is 1.19 bits per heavy atom. The Bertz CT molecular complexity index is 1190. The van der Waals surface area contributed by atoms with Gasteiger partial charge in [-0.1, -0.05) is 0 Å². The van der Waals surface area contributed by atoms with Crippen LogP contribution < -0.4 is 16.4 Å². The predicted octanol–water partition coefficient (Wildman–Crippen LogP) is 3.60. The van der Waals surface area contributed by atoms with Gasteiger partial charge in [0, 0.05) is 37.1 Å². The van der Waals surface area contributed by atoms with Crippen LogP contribution in [0, 0.1) is 6.92 Å². The molecule has 0 aromatic carbocycles. The number of thiophene rings is 1. The summed E-state index contributed by atoms with van der Waals surface area (Å²) in [4.78, 5) is 33.7. The van der Waals surface area contributed by atoms with Gasteiger partial charge in [-0.25, -0.2) is 9.78 Å². The molecule has 3 aromatic rings. The standard InChI is InChI=1S/C22H27N5O4S/c1-12-5-6-14(30-12)13-11-15(25-20-16(13)17(23)18(32-20)19(24)28)26-7-9-27(10-8-26)21(29)31-22(2,3)4/h5-6,11H,7-10,23H2,1-4H3,(H2,24,28). The third-order valence-electron chi connectivity index (χ3n) is 5.17. The van der Waals surface area contributed by atoms with Gasteiger partial charge in [0.1, 0.15) is 32.6 Å². The topological polar surface area (TPSA) is 128 Å². The number of anilines is 2. The molecular formula is C22H27N5O4S. The Kier molecular flexibility index (Phi) is 5.49. The zero-order valence-corrected chi connectivity index (χ0v) is 19.4. The van der Waals surface area contributed by atoms with Crippen LogP contribution in [0.15, 0.2) is 22.6 Å². The van der Waals surface area contributed by atoms with E-state index in [9.17, 15) is 9.59 Å². The molecule has 2 amide bonds. The van der Waals surface area contributed by atoms with E-state index in [1.54, 1.807) is 4.90 Å². The molecule has 170 valence electrons. The summed E-state index contributed by atoms with van der Waals surface area (Å²) in [6.45, 7) is 9.65. The summed E-state index contributed by atoms with van der Waals surface area (Å²) >= 11 is 1.17. The number of primary amides is 1. The smallest absolute Gasteiger partial charge is 0.410 e. The first kappa shape index (κ1) is 21.9. The number of nitrogens with zero attached hydrogens (tertiary/aromatic N) is 3. The van der Waals surface area contributed by atoms with E-state index in [1.807, 2.05) is 45.9 Å². The Hall–Kier alpha value is -3.27. The molecule has 0 atom stereocenters. The van der Waals surface area contributed by atoms with Crippen molar-refractivity contribution in [3.05, 3.63) is 28.8 Å². The van der Waals surface area contributed by atoms with Crippen molar-refractivity contribution in [2.24, 2.45) is 5.73 Å². The largest absolute Gasteiger partial charge is 0.461 e. The molecular weight excluding hydrogens is 430 g/mol. The average molecular weight is 458 g/mol. The van der Waals surface area contributed by atoms with Crippen molar-refractivity contribution < 1.29 is 18.7 Å². The molecule has 9 nitrogen and oxygen atoms in total. The number of hydrogen-bond acceptors (Lipinski definition) is 8. The fourth-order valence-electron chi connectivity index (χ4n) is 3.67. The van der Waals surface area contributed by atoms with Gasteiger partial charge in [0.15, 0.2) is 0 Å². The first-order valence-electron chi connectivity index (χ1n) is 10.4. The zero-order chi connectivity index (χ0) is 23.2. The minimum atomic E-state index is -0.584. The first-order chi connectivity index (χ1) is 15.0. The molecule has 32 heavy (non-hydrogen) atoms. The molecule has 0 aliphatic carbocycles. The molecule has 1 aliphatic rings. The molecule has 10 heteroatoms. The third-order valence-corrected chi connectivity index (χ3v) is 6.28. The van der Waals surface area contributed by atoms with E-state index < -0.39 is 11.5 Å². The van der Waals surface area contributed by atoms with E-state index in [-0.39, 0.29) is 11.0 Å². The van der Waals surface area contributed by atoms with E-state index in [0.29, 0.717) is 47.8 Å². The number of fused-ring (bicyclic) bond motifs is 1. The van der Waals surface area contributed by atoms with Crippen molar-refractivity contribution in [3.63, 3.8) is 0 Å². The van der Waals surface area contributed by atoms with Gasteiger partial charge in [0.2, 0.25) is 0 Å². The maximum Gasteiger partial charge on any atom is 0.410 e. The van der Waals surface area contributed by atoms with Gasteiger partial charge in [-0.2, -0.15) is 0 Å². The molecule has 1 saturated heterocycles. The highest BCUT2D eigenvalue weighted by atomic mass is 32.1. The van der Waals surface area contributed by atoms with E-state index in [4.69, 9.17) is 25.6 Å². The quantitative estimate of drug-likeness (QED) is 0.615. The molecule has 0 bridgehead atoms. The monoisotopic (exact) mass is 457 g/mol. The SMILES string of the molecule is Cc1ccc(-c2cc(N3CCN(C(=O)OC(C)(C)C)CC3)nc3sc(C(N)=O)c(N)c23)o1. The Morgan fingerprint density at radius 3 is 2.44 bits per heavy atom. The number of nitrogen functional groups attached to an aromatic ring is 1. The van der Waals surface area contributed by atoms with Crippen LogP contribution in [0.1, 0.15) is 36.2 Å². The minimum Gasteiger partial charge on any atom is -0.461 e. The normalized spacial score (nSPS) is 14.8. The van der Waals surface area contributed by atoms with Crippen LogP contribution in [0.25, 0.3) is 21.5 Å². The van der Waals surface area contributed by atoms with Gasteiger partial charge < -0.3 is 30.4 Å². The van der Waals surface area contributed by atoms with E-state index in [1.165, 1.54) is 11.3 Å². The highest BCUT2D eigenvalue weighted by Crippen LogP contribution is 2.41. The van der Waals surface area contributed by atoms with E-state index >= 15 is 0 Å². The Labute approximate surface area is 189 Å². The number of piperazine rings is 1. The maximum atomic E-state index is 12.4. The second-order valence-electron chi connectivity index (χ2n) is 8.78. The van der Waals surface area contributed by atoms with Crippen LogP contribution in [-0.4, -0.2) is 53.7 Å². The molecule has 3 aromatic heterocycles. The first-order valence-corrected chi connectivity index (χ1v) is 11.2. The number of aryl methyl sites for hydroxylation is 1. The summed E-state index contributed by atoms with van der Waals surface area (Å²) in [7, 11) is 0. The number of carbonyl (C=O) groups is 2. The Morgan fingerprint density at radius 2 is 1.88 bits per heavy atom. The number of hydrogen-bond donors (Lipinski definition) is 2. The van der Waals surface area contributed by atoms with Gasteiger partial charge in [0.05, 0.1) is 5.69 Å². The average Bonchev–Trinajstić information content (AvgIpc) is 3.30. The Balaban J connectivity index is 1.67. The number of aromatic nitrogens is 1. The van der Waals surface area contributed by atoms with Crippen LogP contribution in [-0.2, 0) is 4.74 Å². The highest BCUT2D eigenvalue weighted by molar-refractivity contribution is 7.21. The number of rotatable bonds is 3. The fourth-order valence-corrected chi connectivity index (χ4v) is 4.64. The number of pyridine rings is 1. The van der Waals surface area contributed by atoms with E-state index in [2.05, 4.69) is 4.90 Å². The van der Waals surface area contributed by atoms with Crippen molar-refractivity contribution in [2.75, 3.05) is 36.8 Å². The molecule has 4 N–H and O–H groups in total. The van der Waals surface area contributed by atoms with Gasteiger partial charge in [0.25, 0.3) is 5.91 Å². The summed E-state index contributed by atoms with van der Waals surface area (Å²) in [6, 6.07) is 5.66. The van der Waals surface area contributed by atoms with Gasteiger partial charge in [-0.05, 0) is 45.9 Å². The summed E-state index contributed by atoms with van der Waals surface area (Å²) in [6.07, 6.45) is -0.315. The molecule has 1 aliphatic heterocycles. The van der Waals surface area contributed by atoms with Crippen LogP contribution in [0.4, 0.5) is 16.3 Å². The molecule has 0 saturated carbocycles. The van der Waals surface area contributed by atoms with Crippen molar-refractivity contribution in [2.45, 2.75) is 33.3 Å². The highest BCUT2D eigenvalue weighted by Gasteiger charge is 2.28. The molecule has 4 rings (SSSR count). The number of amides is 2. The second kappa shape index (κ2) is 8.01. The second-order valence-corrected chi connectivity index (χ2v) is 9.78. The maximum absolute atomic E-state index is 12.4. The van der Waals surface area contributed by atoms with Crippen LogP contribution >= 0.6 is 11.3 Å². The summed E-state index contributed by atoms with van der Waals surface area (Å²) in [5, 5.41) is 0.661. The fraction of sp³-hybridized carbons (Fsp3) is 0.409. The number of ether oxygens (including phenoxy) is 1. The summed E-state index contributed by atoms with van der Waals surface area (Å²) < 4.78 is 11.3. The number of furan rings is 1. The van der Waals surface area contributed by atoms with Crippen LogP contribution in [0.3, 0.4) is 0 Å². The molecule has 0 spiro atoms. The van der Waals surface area contributed by atoms with Crippen LogP contribution in [0.5, 0.6) is 0 Å². The van der Waals surface area contributed by atoms with Crippen molar-refractivity contribution in [1.29, 1.82) is 0 Å². The number of carbonyl (C=O) groups excluding carboxylic acids is 2. The van der Waals surface area contributed by atoms with Gasteiger partial charge >= 0.3 is 6.09 Å². The molecule has 4 heterocycles. The van der Waals surface area contributed by atoms with Gasteiger partial charge in [-0.15, -0.1) is 11.3 Å². The lowest BCUT2D eigenvalue weighted by molar-refractivity contribution is 0.0240. The molecule has 1 fully saturated rings. The van der Waals surface area contributed by atoms with Crippen molar-refractivity contribution in [1.82, 2.24) is 9.88 Å². The lowest BCUT2D eigenvalue weighted by Crippen LogP contribution is -2.50. The van der Waals surface area contributed by atoms with Crippen molar-refractivity contribution in [3.8, 4) is 11.3 Å². The number of nitrogens with two attached hydrogens (primary N) is 2. The predicted molar refractivity (Wildman–Crippen MR) is 125 cm³/mol. The van der Waals surface area contributed by atoms with E-state index in [0.717, 1.165) is 17.1 Å². The zero-order valence-electron chi connectivity index (χ0n) is 18.6. The van der Waals surface area contributed by atoms with Crippen LogP contribution in [0.2, 0.25) is 0 Å². The summed E-state index contributed by atoms with van der Waals surface area (Å²) in [5.41, 5.74) is 12.3. The summed E-state index contributed by atoms with van der Waals surface area (Å²) in [5.74, 6) is 1.55. The lowest BCUT2D eigenvalue weighted by Gasteiger charge is -2.36. The van der Waals surface area contributed by atoms with Gasteiger partial charge in [-0.3, -0.25) is 4.79 Å². The molecule has 0 unspecified atom stereocenters.